The minimum absolute atomic E-state index is 0.182. The van der Waals surface area contributed by atoms with Crippen LogP contribution >= 0.6 is 0 Å². The highest BCUT2D eigenvalue weighted by Crippen LogP contribution is 2.33. The van der Waals surface area contributed by atoms with Crippen LogP contribution in [0.25, 0.3) is 6.08 Å². The number of carboxylic acids is 1. The fourth-order valence-corrected chi connectivity index (χ4v) is 3.96. The summed E-state index contributed by atoms with van der Waals surface area (Å²) in [5.41, 5.74) is -2.08. The van der Waals surface area contributed by atoms with E-state index in [-0.39, 0.29) is 11.3 Å². The Bertz CT molecular complexity index is 965. The van der Waals surface area contributed by atoms with Crippen molar-refractivity contribution in [3.05, 3.63) is 29.8 Å². The number of ether oxygens (including phenoxy) is 3. The van der Waals surface area contributed by atoms with Gasteiger partial charge in [0.25, 0.3) is 0 Å². The molecular weight excluding hydrogens is 488 g/mol. The fourth-order valence-electron chi connectivity index (χ4n) is 3.96. The molecule has 1 aromatic carbocycles. The van der Waals surface area contributed by atoms with E-state index in [1.54, 1.807) is 0 Å². The highest BCUT2D eigenvalue weighted by molar-refractivity contribution is 5.87. The third-order valence-corrected chi connectivity index (χ3v) is 5.99. The molecule has 1 aliphatic carbocycles. The summed E-state index contributed by atoms with van der Waals surface area (Å²) in [5, 5.41) is 88.2. The maximum absolute atomic E-state index is 12.1. The minimum Gasteiger partial charge on any atom is -0.504 e. The Kier molecular flexibility index (Phi) is 8.53. The summed E-state index contributed by atoms with van der Waals surface area (Å²) in [6.45, 7) is -0.661. The molecule has 1 aromatic rings. The fraction of sp³-hybridized carbons (Fsp3) is 0.545. The molecule has 0 unspecified atom stereocenters. The van der Waals surface area contributed by atoms with Crippen LogP contribution in [0.15, 0.2) is 24.3 Å². The SMILES string of the molecule is O=C(/C=C/c1ccc(O[C@H]2O[C@H](CO)[C@@H](O)[C@H](O)[C@H]2O)c(O)c1)OC1[C@H](O)CC(O)(C(=O)O)C[C@H]1O. The molecule has 9 N–H and O–H groups in total. The largest absolute Gasteiger partial charge is 0.504 e. The predicted molar refractivity (Wildman–Crippen MR) is 115 cm³/mol. The second kappa shape index (κ2) is 11.1. The molecule has 3 rings (SSSR count). The number of aromatic hydroxyl groups is 1. The van der Waals surface area contributed by atoms with Gasteiger partial charge in [-0.25, -0.2) is 9.59 Å². The van der Waals surface area contributed by atoms with Crippen molar-refractivity contribution in [2.45, 2.75) is 67.5 Å². The number of aliphatic hydroxyl groups excluding tert-OH is 6. The molecule has 0 radical (unpaired) electrons. The molecule has 2 aliphatic rings. The Morgan fingerprint density at radius 1 is 1.06 bits per heavy atom. The van der Waals surface area contributed by atoms with Gasteiger partial charge in [0.2, 0.25) is 6.29 Å². The number of carbonyl (C=O) groups excluding carboxylic acids is 1. The van der Waals surface area contributed by atoms with E-state index in [0.29, 0.717) is 0 Å². The maximum Gasteiger partial charge on any atom is 0.335 e. The lowest BCUT2D eigenvalue weighted by Crippen LogP contribution is -2.60. The molecule has 14 nitrogen and oxygen atoms in total. The summed E-state index contributed by atoms with van der Waals surface area (Å²) >= 11 is 0. The van der Waals surface area contributed by atoms with Crippen LogP contribution in [0.2, 0.25) is 0 Å². The van der Waals surface area contributed by atoms with E-state index in [9.17, 15) is 50.4 Å². The van der Waals surface area contributed by atoms with Crippen LogP contribution in [-0.4, -0.2) is 119 Å². The second-order valence-corrected chi connectivity index (χ2v) is 8.66. The molecule has 0 bridgehead atoms. The summed E-state index contributed by atoms with van der Waals surface area (Å²) < 4.78 is 15.5. The van der Waals surface area contributed by atoms with Crippen molar-refractivity contribution in [1.82, 2.24) is 0 Å². The van der Waals surface area contributed by atoms with Crippen LogP contribution in [-0.2, 0) is 19.1 Å². The number of hydrogen-bond donors (Lipinski definition) is 9. The lowest BCUT2D eigenvalue weighted by atomic mass is 9.79. The number of esters is 1. The molecule has 14 heteroatoms. The first-order valence-electron chi connectivity index (χ1n) is 10.9. The molecule has 1 saturated carbocycles. The van der Waals surface area contributed by atoms with E-state index in [0.717, 1.165) is 6.08 Å². The number of hydrogen-bond acceptors (Lipinski definition) is 13. The van der Waals surface area contributed by atoms with Crippen molar-refractivity contribution in [2.24, 2.45) is 0 Å². The second-order valence-electron chi connectivity index (χ2n) is 8.66. The summed E-state index contributed by atoms with van der Waals surface area (Å²) in [6, 6.07) is 3.81. The van der Waals surface area contributed by atoms with E-state index in [4.69, 9.17) is 19.3 Å². The quantitative estimate of drug-likeness (QED) is 0.128. The molecular formula is C22H28O14. The van der Waals surface area contributed by atoms with Crippen molar-refractivity contribution >= 4 is 18.0 Å². The molecule has 7 atom stereocenters. The first-order valence-corrected chi connectivity index (χ1v) is 10.9. The van der Waals surface area contributed by atoms with Gasteiger partial charge in [0.1, 0.15) is 24.4 Å². The molecule has 200 valence electrons. The van der Waals surface area contributed by atoms with Crippen LogP contribution < -0.4 is 4.74 Å². The number of phenolic OH excluding ortho intramolecular Hbond substituents is 1. The number of rotatable bonds is 7. The smallest absolute Gasteiger partial charge is 0.335 e. The molecule has 0 amide bonds. The highest BCUT2D eigenvalue weighted by Gasteiger charge is 2.50. The standard InChI is InChI=1S/C22H28O14/c23-8-14-16(28)17(29)18(30)20(35-14)34-13-3-1-9(5-10(13)24)2-4-15(27)36-19-11(25)6-22(33,21(31)32)7-12(19)26/h1-5,11-12,14,16-20,23-26,28-30,33H,6-8H2,(H,31,32)/b4-2+/t11-,12-,14-,16-,17+,18-,19?,20+,22?/m1/s1. The molecule has 1 saturated heterocycles. The van der Waals surface area contributed by atoms with Gasteiger partial charge in [-0.05, 0) is 23.8 Å². The monoisotopic (exact) mass is 516 g/mol. The van der Waals surface area contributed by atoms with Crippen LogP contribution in [0.1, 0.15) is 18.4 Å². The Balaban J connectivity index is 1.61. The number of aliphatic carboxylic acids is 1. The molecule has 0 spiro atoms. The van der Waals surface area contributed by atoms with Gasteiger partial charge in [-0.1, -0.05) is 6.07 Å². The Morgan fingerprint density at radius 3 is 2.25 bits per heavy atom. The van der Waals surface area contributed by atoms with E-state index in [1.165, 1.54) is 24.3 Å². The summed E-state index contributed by atoms with van der Waals surface area (Å²) in [4.78, 5) is 23.3. The van der Waals surface area contributed by atoms with Crippen molar-refractivity contribution in [1.29, 1.82) is 0 Å². The zero-order valence-electron chi connectivity index (χ0n) is 18.7. The molecule has 2 fully saturated rings. The maximum atomic E-state index is 12.1. The lowest BCUT2D eigenvalue weighted by molar-refractivity contribution is -0.277. The van der Waals surface area contributed by atoms with Crippen molar-refractivity contribution < 1.29 is 69.8 Å². The summed E-state index contributed by atoms with van der Waals surface area (Å²) in [7, 11) is 0. The van der Waals surface area contributed by atoms with Gasteiger partial charge in [0.05, 0.1) is 18.8 Å². The number of aliphatic hydroxyl groups is 7. The van der Waals surface area contributed by atoms with Gasteiger partial charge in [0, 0.05) is 18.9 Å². The third-order valence-electron chi connectivity index (χ3n) is 5.99. The predicted octanol–water partition coefficient (Wildman–Crippen LogP) is -3.17. The number of benzene rings is 1. The van der Waals surface area contributed by atoms with E-state index in [1.807, 2.05) is 0 Å². The van der Waals surface area contributed by atoms with Crippen LogP contribution in [0.5, 0.6) is 11.5 Å². The van der Waals surface area contributed by atoms with Gasteiger partial charge < -0.3 is 60.2 Å². The zero-order chi connectivity index (χ0) is 26.8. The molecule has 36 heavy (non-hydrogen) atoms. The van der Waals surface area contributed by atoms with Crippen LogP contribution in [0.3, 0.4) is 0 Å². The van der Waals surface area contributed by atoms with Crippen molar-refractivity contribution in [3.63, 3.8) is 0 Å². The average molecular weight is 516 g/mol. The number of phenols is 1. The molecule has 1 aliphatic heterocycles. The summed E-state index contributed by atoms with van der Waals surface area (Å²) in [5.74, 6) is -3.25. The third kappa shape index (κ3) is 5.93. The van der Waals surface area contributed by atoms with Crippen molar-refractivity contribution in [2.75, 3.05) is 6.61 Å². The van der Waals surface area contributed by atoms with Gasteiger partial charge in [0.15, 0.2) is 23.2 Å². The normalized spacial score (nSPS) is 37.0. The average Bonchev–Trinajstić information content (AvgIpc) is 2.81. The Morgan fingerprint density at radius 2 is 1.69 bits per heavy atom. The Hall–Kier alpha value is -2.82. The first-order chi connectivity index (χ1) is 16.9. The Labute approximate surface area is 203 Å². The highest BCUT2D eigenvalue weighted by atomic mass is 16.7. The van der Waals surface area contributed by atoms with Crippen LogP contribution in [0, 0.1) is 0 Å². The van der Waals surface area contributed by atoms with E-state index >= 15 is 0 Å². The van der Waals surface area contributed by atoms with Gasteiger partial charge in [-0.15, -0.1) is 0 Å². The number of carboxylic acid groups (broad SMARTS) is 1. The lowest BCUT2D eigenvalue weighted by Gasteiger charge is -2.39. The summed E-state index contributed by atoms with van der Waals surface area (Å²) in [6.07, 6.45) is -11.5. The number of carbonyl (C=O) groups is 2. The van der Waals surface area contributed by atoms with E-state index in [2.05, 4.69) is 0 Å². The van der Waals surface area contributed by atoms with Gasteiger partial charge >= 0.3 is 11.9 Å². The van der Waals surface area contributed by atoms with Crippen molar-refractivity contribution in [3.8, 4) is 11.5 Å². The zero-order valence-corrected chi connectivity index (χ0v) is 18.7. The van der Waals surface area contributed by atoms with E-state index < -0.39 is 91.8 Å². The first kappa shape index (κ1) is 27.8. The van der Waals surface area contributed by atoms with Crippen LogP contribution in [0.4, 0.5) is 0 Å². The minimum atomic E-state index is -2.35. The molecule has 1 heterocycles. The van der Waals surface area contributed by atoms with Gasteiger partial charge in [-0.2, -0.15) is 0 Å². The topological polar surface area (TPSA) is 244 Å². The molecule has 0 aromatic heterocycles. The van der Waals surface area contributed by atoms with Gasteiger partial charge in [-0.3, -0.25) is 0 Å².